The van der Waals surface area contributed by atoms with Crippen molar-refractivity contribution in [2.75, 3.05) is 0 Å². The Morgan fingerprint density at radius 1 is 0.778 bits per heavy atom. The van der Waals surface area contributed by atoms with Crippen LogP contribution in [0.4, 0.5) is 11.6 Å². The number of hydrogen-bond acceptors (Lipinski definition) is 4. The fourth-order valence-corrected chi connectivity index (χ4v) is 1.33. The van der Waals surface area contributed by atoms with Crippen LogP contribution < -0.4 is 0 Å². The summed E-state index contributed by atoms with van der Waals surface area (Å²) in [5, 5.41) is 0. The van der Waals surface area contributed by atoms with Crippen molar-refractivity contribution in [1.82, 2.24) is 9.97 Å². The highest BCUT2D eigenvalue weighted by Crippen LogP contribution is 2.05. The normalized spacial score (nSPS) is 11.3. The molecule has 2 rings (SSSR count). The van der Waals surface area contributed by atoms with E-state index in [4.69, 9.17) is 0 Å². The Morgan fingerprint density at radius 2 is 1.28 bits per heavy atom. The second-order valence-electron chi connectivity index (χ2n) is 3.58. The Balaban J connectivity index is 1.73. The molecule has 4 nitrogen and oxygen atoms in total. The molecule has 0 bridgehead atoms. The van der Waals surface area contributed by atoms with E-state index in [9.17, 15) is 0 Å². The molecule has 0 fully saturated rings. The maximum absolute atomic E-state index is 4.24. The van der Waals surface area contributed by atoms with Crippen LogP contribution in [0, 0.1) is 0 Å². The van der Waals surface area contributed by atoms with E-state index in [0.717, 1.165) is 24.5 Å². The van der Waals surface area contributed by atoms with Crippen LogP contribution in [0.5, 0.6) is 0 Å². The summed E-state index contributed by atoms with van der Waals surface area (Å²) >= 11 is 0. The Labute approximate surface area is 106 Å². The summed E-state index contributed by atoms with van der Waals surface area (Å²) in [6.45, 7) is 0. The van der Waals surface area contributed by atoms with Gasteiger partial charge in [0, 0.05) is 24.8 Å². The van der Waals surface area contributed by atoms with Gasteiger partial charge in [0.25, 0.3) is 0 Å². The third-order valence-electron chi connectivity index (χ3n) is 2.17. The highest BCUT2D eigenvalue weighted by Gasteiger charge is 1.86. The smallest absolute Gasteiger partial charge is 0.151 e. The SMILES string of the molecule is C(CCC=Nc1ccccn1)=Nc1ccccn1. The number of nitrogens with zero attached hydrogens (tertiary/aromatic N) is 4. The Kier molecular flexibility index (Phi) is 4.75. The second-order valence-corrected chi connectivity index (χ2v) is 3.58. The topological polar surface area (TPSA) is 50.5 Å². The number of aliphatic imine (C=N–C) groups is 2. The first-order valence-corrected chi connectivity index (χ1v) is 5.82. The Bertz CT molecular complexity index is 456. The molecule has 0 atom stereocenters. The van der Waals surface area contributed by atoms with Crippen molar-refractivity contribution >= 4 is 24.1 Å². The lowest BCUT2D eigenvalue weighted by atomic mass is 10.3. The monoisotopic (exact) mass is 238 g/mol. The van der Waals surface area contributed by atoms with Crippen molar-refractivity contribution in [2.24, 2.45) is 9.98 Å². The summed E-state index contributed by atoms with van der Waals surface area (Å²) in [4.78, 5) is 16.7. The summed E-state index contributed by atoms with van der Waals surface area (Å²) in [5.74, 6) is 1.47. The third kappa shape index (κ3) is 4.25. The molecule has 0 N–H and O–H groups in total. The van der Waals surface area contributed by atoms with Gasteiger partial charge in [-0.3, -0.25) is 0 Å². The Morgan fingerprint density at radius 3 is 1.67 bits per heavy atom. The van der Waals surface area contributed by atoms with Crippen molar-refractivity contribution in [2.45, 2.75) is 12.8 Å². The fourth-order valence-electron chi connectivity index (χ4n) is 1.33. The second kappa shape index (κ2) is 7.06. The van der Waals surface area contributed by atoms with Gasteiger partial charge in [-0.15, -0.1) is 0 Å². The van der Waals surface area contributed by atoms with Gasteiger partial charge in [0.05, 0.1) is 0 Å². The van der Waals surface area contributed by atoms with Crippen LogP contribution in [0.1, 0.15) is 12.8 Å². The molecular weight excluding hydrogens is 224 g/mol. The number of aromatic nitrogens is 2. The van der Waals surface area contributed by atoms with E-state index in [2.05, 4.69) is 20.0 Å². The molecule has 90 valence electrons. The van der Waals surface area contributed by atoms with Gasteiger partial charge >= 0.3 is 0 Å². The number of pyridine rings is 2. The maximum atomic E-state index is 4.24. The van der Waals surface area contributed by atoms with Crippen molar-refractivity contribution in [3.8, 4) is 0 Å². The number of rotatable bonds is 5. The van der Waals surface area contributed by atoms with E-state index >= 15 is 0 Å². The predicted octanol–water partition coefficient (Wildman–Crippen LogP) is 3.36. The van der Waals surface area contributed by atoms with Gasteiger partial charge in [0.2, 0.25) is 0 Å². The molecule has 0 aliphatic rings. The van der Waals surface area contributed by atoms with Crippen LogP contribution in [0.3, 0.4) is 0 Å². The van der Waals surface area contributed by atoms with Crippen LogP contribution >= 0.6 is 0 Å². The van der Waals surface area contributed by atoms with Gasteiger partial charge in [-0.25, -0.2) is 20.0 Å². The summed E-state index contributed by atoms with van der Waals surface area (Å²) in [7, 11) is 0. The number of hydrogen-bond donors (Lipinski definition) is 0. The first-order chi connectivity index (χ1) is 8.95. The quantitative estimate of drug-likeness (QED) is 0.592. The van der Waals surface area contributed by atoms with Crippen LogP contribution in [0.25, 0.3) is 0 Å². The van der Waals surface area contributed by atoms with E-state index in [1.807, 2.05) is 48.8 Å². The molecule has 0 aromatic carbocycles. The van der Waals surface area contributed by atoms with Gasteiger partial charge in [-0.05, 0) is 37.1 Å². The van der Waals surface area contributed by atoms with Crippen LogP contribution in [-0.2, 0) is 0 Å². The molecule has 0 aliphatic carbocycles. The lowest BCUT2D eigenvalue weighted by Crippen LogP contribution is -1.80. The highest BCUT2D eigenvalue weighted by molar-refractivity contribution is 5.69. The fraction of sp³-hybridized carbons (Fsp3) is 0.143. The zero-order valence-electron chi connectivity index (χ0n) is 9.98. The van der Waals surface area contributed by atoms with Crippen LogP contribution in [0.2, 0.25) is 0 Å². The highest BCUT2D eigenvalue weighted by atomic mass is 14.9. The molecule has 18 heavy (non-hydrogen) atoms. The standard InChI is InChI=1S/C14H14N4/c1-3-9-15-13(7-1)17-11-5-6-12-18-14-8-2-4-10-16-14/h1-4,7-12H,5-6H2. The summed E-state index contributed by atoms with van der Waals surface area (Å²) in [6, 6.07) is 11.3. The average Bonchev–Trinajstić information content (AvgIpc) is 2.45. The zero-order valence-corrected chi connectivity index (χ0v) is 9.98. The molecule has 0 spiro atoms. The molecule has 2 aromatic rings. The maximum Gasteiger partial charge on any atom is 0.151 e. The van der Waals surface area contributed by atoms with Gasteiger partial charge in [0.1, 0.15) is 0 Å². The van der Waals surface area contributed by atoms with Gasteiger partial charge < -0.3 is 0 Å². The molecule has 2 aromatic heterocycles. The van der Waals surface area contributed by atoms with Gasteiger partial charge in [0.15, 0.2) is 11.6 Å². The lowest BCUT2D eigenvalue weighted by Gasteiger charge is -1.91. The molecule has 0 radical (unpaired) electrons. The van der Waals surface area contributed by atoms with E-state index in [1.165, 1.54) is 0 Å². The summed E-state index contributed by atoms with van der Waals surface area (Å²) in [5.41, 5.74) is 0. The summed E-state index contributed by atoms with van der Waals surface area (Å²) in [6.07, 6.45) is 8.85. The van der Waals surface area contributed by atoms with Crippen molar-refractivity contribution in [1.29, 1.82) is 0 Å². The lowest BCUT2D eigenvalue weighted by molar-refractivity contribution is 1.17. The third-order valence-corrected chi connectivity index (χ3v) is 2.17. The van der Waals surface area contributed by atoms with E-state index < -0.39 is 0 Å². The molecule has 0 saturated carbocycles. The van der Waals surface area contributed by atoms with Crippen molar-refractivity contribution in [3.05, 3.63) is 48.8 Å². The molecule has 0 aliphatic heterocycles. The largest absolute Gasteiger partial charge is 0.242 e. The van der Waals surface area contributed by atoms with E-state index in [0.29, 0.717) is 0 Å². The minimum absolute atomic E-state index is 0.735. The Hall–Kier alpha value is -2.36. The summed E-state index contributed by atoms with van der Waals surface area (Å²) < 4.78 is 0. The molecule has 2 heterocycles. The van der Waals surface area contributed by atoms with Crippen molar-refractivity contribution < 1.29 is 0 Å². The van der Waals surface area contributed by atoms with E-state index in [-0.39, 0.29) is 0 Å². The average molecular weight is 238 g/mol. The molecule has 4 heteroatoms. The van der Waals surface area contributed by atoms with Gasteiger partial charge in [-0.1, -0.05) is 12.1 Å². The van der Waals surface area contributed by atoms with E-state index in [1.54, 1.807) is 12.4 Å². The first-order valence-electron chi connectivity index (χ1n) is 5.82. The minimum atomic E-state index is 0.735. The molecular formula is C14H14N4. The van der Waals surface area contributed by atoms with Crippen LogP contribution in [-0.4, -0.2) is 22.4 Å². The van der Waals surface area contributed by atoms with Gasteiger partial charge in [-0.2, -0.15) is 0 Å². The molecule has 0 amide bonds. The minimum Gasteiger partial charge on any atom is -0.242 e. The number of unbranched alkanes of at least 4 members (excludes halogenated alkanes) is 1. The molecule has 0 saturated heterocycles. The zero-order chi connectivity index (χ0) is 12.5. The molecule has 0 unspecified atom stereocenters. The first kappa shape index (κ1) is 12.1. The van der Waals surface area contributed by atoms with Crippen LogP contribution in [0.15, 0.2) is 58.8 Å². The predicted molar refractivity (Wildman–Crippen MR) is 74.0 cm³/mol. The van der Waals surface area contributed by atoms with Crippen molar-refractivity contribution in [3.63, 3.8) is 0 Å².